The van der Waals surface area contributed by atoms with Gasteiger partial charge in [-0.05, 0) is 69.3 Å². The van der Waals surface area contributed by atoms with Crippen molar-refractivity contribution in [3.8, 4) is 0 Å². The van der Waals surface area contributed by atoms with Crippen molar-refractivity contribution >= 4 is 26.4 Å². The number of amides is 2. The molecule has 2 aliphatic rings. The van der Waals surface area contributed by atoms with E-state index in [0.717, 1.165) is 36.9 Å². The SMILES string of the molecule is CC(C)(C)OC(=O)N1CCC(=Cc2ccc(CN3CC[C@H](O[Si](C)(C)C(C)(C)C)C3=O)cc2)CC1. The van der Waals surface area contributed by atoms with Gasteiger partial charge in [0.1, 0.15) is 11.7 Å². The average molecular weight is 501 g/mol. The third-order valence-electron chi connectivity index (χ3n) is 7.27. The summed E-state index contributed by atoms with van der Waals surface area (Å²) in [7, 11) is -1.97. The van der Waals surface area contributed by atoms with Crippen molar-refractivity contribution < 1.29 is 18.8 Å². The third kappa shape index (κ3) is 7.43. The Labute approximate surface area is 212 Å². The summed E-state index contributed by atoms with van der Waals surface area (Å²) in [6, 6.07) is 8.45. The molecule has 0 N–H and O–H groups in total. The van der Waals surface area contributed by atoms with Crippen LogP contribution in [0.3, 0.4) is 0 Å². The Bertz CT molecular complexity index is 931. The minimum Gasteiger partial charge on any atom is -0.444 e. The maximum absolute atomic E-state index is 13.0. The second-order valence-electron chi connectivity index (χ2n) is 12.4. The Hall–Kier alpha value is -2.12. The molecule has 2 saturated heterocycles. The molecule has 35 heavy (non-hydrogen) atoms. The van der Waals surface area contributed by atoms with Crippen LogP contribution in [0.2, 0.25) is 18.1 Å². The van der Waals surface area contributed by atoms with Crippen LogP contribution in [0.4, 0.5) is 4.79 Å². The Morgan fingerprint density at radius 1 is 1.03 bits per heavy atom. The summed E-state index contributed by atoms with van der Waals surface area (Å²) in [4.78, 5) is 29.0. The van der Waals surface area contributed by atoms with E-state index >= 15 is 0 Å². The van der Waals surface area contributed by atoms with E-state index in [0.29, 0.717) is 19.6 Å². The predicted molar refractivity (Wildman–Crippen MR) is 144 cm³/mol. The number of rotatable bonds is 5. The van der Waals surface area contributed by atoms with Gasteiger partial charge in [0.05, 0.1) is 0 Å². The Balaban J connectivity index is 1.52. The molecular formula is C28H44N2O4Si. The fourth-order valence-electron chi connectivity index (χ4n) is 4.13. The average Bonchev–Trinajstić information content (AvgIpc) is 3.07. The number of benzene rings is 1. The van der Waals surface area contributed by atoms with Gasteiger partial charge in [-0.15, -0.1) is 0 Å². The first kappa shape index (κ1) is 27.5. The van der Waals surface area contributed by atoms with Gasteiger partial charge in [-0.1, -0.05) is 56.7 Å². The highest BCUT2D eigenvalue weighted by molar-refractivity contribution is 6.74. The van der Waals surface area contributed by atoms with E-state index < -0.39 is 13.9 Å². The van der Waals surface area contributed by atoms with Crippen LogP contribution in [0.5, 0.6) is 0 Å². The zero-order valence-corrected chi connectivity index (χ0v) is 23.9. The molecule has 0 unspecified atom stereocenters. The highest BCUT2D eigenvalue weighted by Gasteiger charge is 2.43. The molecular weight excluding hydrogens is 456 g/mol. The van der Waals surface area contributed by atoms with Crippen molar-refractivity contribution in [1.82, 2.24) is 9.80 Å². The summed E-state index contributed by atoms with van der Waals surface area (Å²) >= 11 is 0. The molecule has 2 aliphatic heterocycles. The number of carbonyl (C=O) groups excluding carboxylic acids is 2. The molecule has 0 bridgehead atoms. The molecule has 0 saturated carbocycles. The lowest BCUT2D eigenvalue weighted by Gasteiger charge is -2.37. The molecule has 2 heterocycles. The number of piperidine rings is 1. The molecule has 6 nitrogen and oxygen atoms in total. The molecule has 7 heteroatoms. The van der Waals surface area contributed by atoms with Gasteiger partial charge in [-0.25, -0.2) is 4.79 Å². The fourth-order valence-corrected chi connectivity index (χ4v) is 5.42. The normalized spacial score (nSPS) is 19.8. The molecule has 1 atom stereocenters. The van der Waals surface area contributed by atoms with E-state index in [2.05, 4.69) is 64.2 Å². The summed E-state index contributed by atoms with van der Waals surface area (Å²) in [6.45, 7) is 19.5. The Morgan fingerprint density at radius 3 is 2.17 bits per heavy atom. The molecule has 194 valence electrons. The molecule has 0 radical (unpaired) electrons. The van der Waals surface area contributed by atoms with Crippen LogP contribution in [-0.4, -0.2) is 61.5 Å². The summed E-state index contributed by atoms with van der Waals surface area (Å²) in [6.07, 6.45) is 4.19. The van der Waals surface area contributed by atoms with Gasteiger partial charge in [0.15, 0.2) is 8.32 Å². The minimum absolute atomic E-state index is 0.0946. The summed E-state index contributed by atoms with van der Waals surface area (Å²) in [5.74, 6) is 0.123. The Morgan fingerprint density at radius 2 is 1.63 bits per heavy atom. The molecule has 1 aromatic carbocycles. The van der Waals surface area contributed by atoms with Crippen molar-refractivity contribution in [2.75, 3.05) is 19.6 Å². The van der Waals surface area contributed by atoms with E-state index in [1.807, 2.05) is 25.7 Å². The smallest absolute Gasteiger partial charge is 0.410 e. The topological polar surface area (TPSA) is 59.1 Å². The predicted octanol–water partition coefficient (Wildman–Crippen LogP) is 6.22. The van der Waals surface area contributed by atoms with Gasteiger partial charge < -0.3 is 19.0 Å². The monoisotopic (exact) mass is 500 g/mol. The van der Waals surface area contributed by atoms with E-state index in [-0.39, 0.29) is 23.1 Å². The number of carbonyl (C=O) groups is 2. The van der Waals surface area contributed by atoms with Crippen LogP contribution < -0.4 is 0 Å². The van der Waals surface area contributed by atoms with Crippen LogP contribution >= 0.6 is 0 Å². The van der Waals surface area contributed by atoms with Gasteiger partial charge in [0, 0.05) is 26.2 Å². The van der Waals surface area contributed by atoms with E-state index in [1.54, 1.807) is 4.90 Å². The zero-order valence-electron chi connectivity index (χ0n) is 22.9. The van der Waals surface area contributed by atoms with Crippen LogP contribution in [0.15, 0.2) is 29.8 Å². The maximum Gasteiger partial charge on any atom is 0.410 e. The second-order valence-corrected chi connectivity index (χ2v) is 17.2. The van der Waals surface area contributed by atoms with Crippen LogP contribution in [0.25, 0.3) is 6.08 Å². The lowest BCUT2D eigenvalue weighted by Crippen LogP contribution is -2.46. The standard InChI is InChI=1S/C28H44N2O4Si/c1-27(2,3)33-26(32)29-16-13-22(14-17-29)19-21-9-11-23(12-10-21)20-30-18-15-24(25(30)31)34-35(7,8)28(4,5)6/h9-12,19,24H,13-18,20H2,1-8H3/t24-/m0/s1. The third-order valence-corrected chi connectivity index (χ3v) is 11.8. The van der Waals surface area contributed by atoms with Crippen molar-refractivity contribution in [1.29, 1.82) is 0 Å². The molecule has 2 fully saturated rings. The zero-order chi connectivity index (χ0) is 26.0. The first-order chi connectivity index (χ1) is 16.1. The number of nitrogens with zero attached hydrogens (tertiary/aromatic N) is 2. The lowest BCUT2D eigenvalue weighted by molar-refractivity contribution is -0.134. The van der Waals surface area contributed by atoms with Gasteiger partial charge in [0.25, 0.3) is 5.91 Å². The number of ether oxygens (including phenoxy) is 1. The quantitative estimate of drug-likeness (QED) is 0.450. The van der Waals surface area contributed by atoms with Gasteiger partial charge in [0.2, 0.25) is 0 Å². The van der Waals surface area contributed by atoms with E-state index in [1.165, 1.54) is 5.57 Å². The van der Waals surface area contributed by atoms with Crippen molar-refractivity contribution in [3.05, 3.63) is 41.0 Å². The molecule has 0 spiro atoms. The highest BCUT2D eigenvalue weighted by Crippen LogP contribution is 2.38. The largest absolute Gasteiger partial charge is 0.444 e. The molecule has 2 amide bonds. The summed E-state index contributed by atoms with van der Waals surface area (Å²) < 4.78 is 11.9. The highest BCUT2D eigenvalue weighted by atomic mass is 28.4. The first-order valence-electron chi connectivity index (χ1n) is 12.9. The van der Waals surface area contributed by atoms with E-state index in [4.69, 9.17) is 9.16 Å². The Kier molecular flexibility index (Phi) is 8.22. The number of hydrogen-bond donors (Lipinski definition) is 0. The molecule has 0 aliphatic carbocycles. The number of likely N-dealkylation sites (tertiary alicyclic amines) is 2. The van der Waals surface area contributed by atoms with Crippen molar-refractivity contribution in [2.24, 2.45) is 0 Å². The lowest BCUT2D eigenvalue weighted by atomic mass is 10.0. The molecule has 1 aromatic rings. The first-order valence-corrected chi connectivity index (χ1v) is 15.8. The molecule has 3 rings (SSSR count). The van der Waals surface area contributed by atoms with Crippen LogP contribution in [0.1, 0.15) is 71.9 Å². The fraction of sp³-hybridized carbons (Fsp3) is 0.643. The van der Waals surface area contributed by atoms with Gasteiger partial charge in [-0.2, -0.15) is 0 Å². The van der Waals surface area contributed by atoms with Crippen LogP contribution in [-0.2, 0) is 20.5 Å². The summed E-state index contributed by atoms with van der Waals surface area (Å²) in [5, 5.41) is 0.0946. The summed E-state index contributed by atoms with van der Waals surface area (Å²) in [5.41, 5.74) is 3.17. The van der Waals surface area contributed by atoms with E-state index in [9.17, 15) is 9.59 Å². The number of hydrogen-bond acceptors (Lipinski definition) is 4. The van der Waals surface area contributed by atoms with Gasteiger partial charge >= 0.3 is 6.09 Å². The van der Waals surface area contributed by atoms with Crippen molar-refractivity contribution in [3.63, 3.8) is 0 Å². The van der Waals surface area contributed by atoms with Crippen molar-refractivity contribution in [2.45, 2.75) is 97.2 Å². The maximum atomic E-state index is 13.0. The minimum atomic E-state index is -1.97. The molecule has 0 aromatic heterocycles. The second kappa shape index (κ2) is 10.5. The van der Waals surface area contributed by atoms with Gasteiger partial charge in [-0.3, -0.25) is 4.79 Å². The van der Waals surface area contributed by atoms with Crippen LogP contribution in [0, 0.1) is 0 Å².